The van der Waals surface area contributed by atoms with Crippen molar-refractivity contribution in [2.24, 2.45) is 0 Å². The van der Waals surface area contributed by atoms with E-state index < -0.39 is 10.0 Å². The summed E-state index contributed by atoms with van der Waals surface area (Å²) < 4.78 is 27.4. The Bertz CT molecular complexity index is 506. The van der Waals surface area contributed by atoms with Crippen LogP contribution in [0.4, 0.5) is 5.69 Å². The number of sulfonamides is 1. The molecular weight excluding hydrogens is 294 g/mol. The highest BCUT2D eigenvalue weighted by atomic mass is 32.2. The topological polar surface area (TPSA) is 71.1 Å². The predicted molar refractivity (Wildman–Crippen MR) is 85.8 cm³/mol. The molecule has 0 aliphatic carbocycles. The highest BCUT2D eigenvalue weighted by molar-refractivity contribution is 7.98. The number of hydrogen-bond donors (Lipinski definition) is 2. The Hall–Kier alpha value is -0.790. The smallest absolute Gasteiger partial charge is 0.260 e. The third-order valence-corrected chi connectivity index (χ3v) is 4.89. The van der Waals surface area contributed by atoms with Crippen molar-refractivity contribution in [3.63, 3.8) is 0 Å². The molecule has 0 saturated heterocycles. The van der Waals surface area contributed by atoms with Crippen molar-refractivity contribution in [1.82, 2.24) is 9.71 Å². The maximum atomic E-state index is 12.4. The Kier molecular flexibility index (Phi) is 7.32. The Morgan fingerprint density at radius 3 is 2.85 bits per heavy atom. The van der Waals surface area contributed by atoms with Crippen LogP contribution in [0, 0.1) is 0 Å². The van der Waals surface area contributed by atoms with Gasteiger partial charge in [0, 0.05) is 18.8 Å². The summed E-state index contributed by atoms with van der Waals surface area (Å²) in [5.41, 5.74) is 0.555. The van der Waals surface area contributed by atoms with Gasteiger partial charge in [-0.3, -0.25) is 0 Å². The summed E-state index contributed by atoms with van der Waals surface area (Å²) in [6, 6.07) is 3.37. The molecule has 0 radical (unpaired) electrons. The molecule has 1 unspecified atom stereocenters. The molecule has 0 aromatic carbocycles. The molecule has 7 heteroatoms. The van der Waals surface area contributed by atoms with Gasteiger partial charge in [-0.15, -0.1) is 0 Å². The molecule has 0 spiro atoms. The van der Waals surface area contributed by atoms with Crippen LogP contribution in [0.25, 0.3) is 0 Å². The average Bonchev–Trinajstić information content (AvgIpc) is 2.42. The van der Waals surface area contributed by atoms with Crippen LogP contribution in [0.15, 0.2) is 23.4 Å². The fraction of sp³-hybridized carbons (Fsp3) is 0.615. The first-order valence-corrected chi connectivity index (χ1v) is 9.59. The minimum atomic E-state index is -3.58. The summed E-state index contributed by atoms with van der Waals surface area (Å²) in [5, 5.41) is 3.17. The zero-order chi connectivity index (χ0) is 15.0. The van der Waals surface area contributed by atoms with E-state index in [1.165, 1.54) is 6.20 Å². The van der Waals surface area contributed by atoms with Crippen LogP contribution < -0.4 is 10.0 Å². The lowest BCUT2D eigenvalue weighted by atomic mass is 10.3. The normalized spacial score (nSPS) is 13.2. The van der Waals surface area contributed by atoms with E-state index in [1.54, 1.807) is 23.9 Å². The fourth-order valence-electron chi connectivity index (χ4n) is 1.67. The number of hydrogen-bond acceptors (Lipinski definition) is 5. The van der Waals surface area contributed by atoms with Crippen LogP contribution in [-0.4, -0.2) is 38.0 Å². The van der Waals surface area contributed by atoms with Crippen molar-refractivity contribution in [3.05, 3.63) is 18.3 Å². The van der Waals surface area contributed by atoms with E-state index in [-0.39, 0.29) is 11.1 Å². The van der Waals surface area contributed by atoms with Crippen LogP contribution >= 0.6 is 11.8 Å². The average molecular weight is 317 g/mol. The highest BCUT2D eigenvalue weighted by Gasteiger charge is 2.21. The van der Waals surface area contributed by atoms with E-state index in [4.69, 9.17) is 0 Å². The fourth-order valence-corrected chi connectivity index (χ4v) is 3.65. The van der Waals surface area contributed by atoms with Crippen molar-refractivity contribution in [2.75, 3.05) is 23.9 Å². The molecule has 0 bridgehead atoms. The molecule has 0 aliphatic rings. The first kappa shape index (κ1) is 17.3. The van der Waals surface area contributed by atoms with E-state index in [2.05, 4.69) is 15.0 Å². The van der Waals surface area contributed by atoms with Crippen molar-refractivity contribution >= 4 is 27.5 Å². The molecule has 1 aromatic heterocycles. The van der Waals surface area contributed by atoms with E-state index in [0.717, 1.165) is 25.1 Å². The molecule has 114 valence electrons. The molecule has 20 heavy (non-hydrogen) atoms. The molecule has 5 nitrogen and oxygen atoms in total. The van der Waals surface area contributed by atoms with Crippen LogP contribution in [0.3, 0.4) is 0 Å². The van der Waals surface area contributed by atoms with Crippen LogP contribution in [-0.2, 0) is 10.0 Å². The lowest BCUT2D eigenvalue weighted by Gasteiger charge is -2.15. The quantitative estimate of drug-likeness (QED) is 0.731. The molecule has 0 saturated carbocycles. The first-order chi connectivity index (χ1) is 9.51. The molecule has 1 atom stereocenters. The van der Waals surface area contributed by atoms with E-state index in [1.807, 2.05) is 20.1 Å². The molecular formula is C13H23N3O2S2. The van der Waals surface area contributed by atoms with Gasteiger partial charge in [-0.25, -0.2) is 18.1 Å². The molecule has 0 amide bonds. The molecule has 0 fully saturated rings. The predicted octanol–water partition coefficient (Wildman–Crippen LogP) is 2.32. The number of nitrogens with zero attached hydrogens (tertiary/aromatic N) is 1. The second kappa shape index (κ2) is 8.49. The Morgan fingerprint density at radius 1 is 1.45 bits per heavy atom. The van der Waals surface area contributed by atoms with Gasteiger partial charge in [-0.05, 0) is 43.9 Å². The van der Waals surface area contributed by atoms with Gasteiger partial charge in [0.1, 0.15) is 0 Å². The summed E-state index contributed by atoms with van der Waals surface area (Å²) >= 11 is 1.70. The molecule has 1 aromatic rings. The van der Waals surface area contributed by atoms with E-state index in [9.17, 15) is 8.42 Å². The van der Waals surface area contributed by atoms with Gasteiger partial charge >= 0.3 is 0 Å². The number of nitrogens with one attached hydrogen (secondary N) is 2. The Labute approximate surface area is 126 Å². The summed E-state index contributed by atoms with van der Waals surface area (Å²) in [5.74, 6) is 0.923. The third-order valence-electron chi connectivity index (χ3n) is 2.70. The molecule has 1 rings (SSSR count). The summed E-state index contributed by atoms with van der Waals surface area (Å²) in [6.45, 7) is 4.62. The second-order valence-corrected chi connectivity index (χ2v) is 7.20. The van der Waals surface area contributed by atoms with Crippen molar-refractivity contribution in [2.45, 2.75) is 37.8 Å². The largest absolute Gasteiger partial charge is 0.383 e. The Balaban J connectivity index is 2.86. The molecule has 1 heterocycles. The number of pyridine rings is 1. The first-order valence-electron chi connectivity index (χ1n) is 6.71. The summed E-state index contributed by atoms with van der Waals surface area (Å²) in [4.78, 5) is 4.02. The maximum absolute atomic E-state index is 12.4. The van der Waals surface area contributed by atoms with Gasteiger partial charge in [0.25, 0.3) is 10.0 Å². The van der Waals surface area contributed by atoms with Crippen molar-refractivity contribution < 1.29 is 8.42 Å². The van der Waals surface area contributed by atoms with E-state index >= 15 is 0 Å². The minimum Gasteiger partial charge on any atom is -0.383 e. The van der Waals surface area contributed by atoms with E-state index in [0.29, 0.717) is 5.69 Å². The Morgan fingerprint density at radius 2 is 2.20 bits per heavy atom. The van der Waals surface area contributed by atoms with Gasteiger partial charge in [-0.1, -0.05) is 6.92 Å². The highest BCUT2D eigenvalue weighted by Crippen LogP contribution is 2.18. The number of aromatic nitrogens is 1. The summed E-state index contributed by atoms with van der Waals surface area (Å²) in [6.07, 6.45) is 5.22. The zero-order valence-electron chi connectivity index (χ0n) is 12.2. The molecule has 0 aliphatic heterocycles. The lowest BCUT2D eigenvalue weighted by molar-refractivity contribution is 0.554. The number of thioether (sulfide) groups is 1. The standard InChI is InChI=1S/C13H23N3O2S2/c1-4-8-14-12-6-5-9-15-13(12)20(17,18)16-11(2)7-10-19-3/h5-6,9,11,14,16H,4,7-8,10H2,1-3H3. The van der Waals surface area contributed by atoms with Gasteiger partial charge in [-0.2, -0.15) is 11.8 Å². The van der Waals surface area contributed by atoms with Crippen LogP contribution in [0.1, 0.15) is 26.7 Å². The van der Waals surface area contributed by atoms with Crippen LogP contribution in [0.5, 0.6) is 0 Å². The number of anilines is 1. The maximum Gasteiger partial charge on any atom is 0.260 e. The monoisotopic (exact) mass is 317 g/mol. The van der Waals surface area contributed by atoms with Crippen molar-refractivity contribution in [1.29, 1.82) is 0 Å². The van der Waals surface area contributed by atoms with Gasteiger partial charge in [0.2, 0.25) is 0 Å². The van der Waals surface area contributed by atoms with Gasteiger partial charge in [0.05, 0.1) is 5.69 Å². The SMILES string of the molecule is CCCNc1cccnc1S(=O)(=O)NC(C)CCSC. The minimum absolute atomic E-state index is 0.0736. The van der Waals surface area contributed by atoms with Gasteiger partial charge in [0.15, 0.2) is 5.03 Å². The number of rotatable bonds is 9. The second-order valence-electron chi connectivity index (χ2n) is 4.59. The summed E-state index contributed by atoms with van der Waals surface area (Å²) in [7, 11) is -3.58. The third kappa shape index (κ3) is 5.30. The molecule has 2 N–H and O–H groups in total. The van der Waals surface area contributed by atoms with Crippen molar-refractivity contribution in [3.8, 4) is 0 Å². The van der Waals surface area contributed by atoms with Crippen LogP contribution in [0.2, 0.25) is 0 Å². The lowest BCUT2D eigenvalue weighted by Crippen LogP contribution is -2.34. The van der Waals surface area contributed by atoms with Gasteiger partial charge < -0.3 is 5.32 Å². The zero-order valence-corrected chi connectivity index (χ0v) is 13.9.